The van der Waals surface area contributed by atoms with Crippen LogP contribution in [0.2, 0.25) is 0 Å². The molecular weight excluding hydrogens is 296 g/mol. The van der Waals surface area contributed by atoms with Crippen LogP contribution < -0.4 is 0 Å². The SMILES string of the molecule is C=CCN(CC(=O)O)C(=O)c1nnn(-c2cccc(C)c2)c1C. The number of carboxylic acid groups (broad SMARTS) is 1. The average Bonchev–Trinajstić information content (AvgIpc) is 2.87. The summed E-state index contributed by atoms with van der Waals surface area (Å²) in [4.78, 5) is 24.6. The molecule has 7 nitrogen and oxygen atoms in total. The Morgan fingerprint density at radius 3 is 2.74 bits per heavy atom. The van der Waals surface area contributed by atoms with Crippen molar-refractivity contribution in [3.63, 3.8) is 0 Å². The van der Waals surface area contributed by atoms with Crippen LogP contribution in [0.25, 0.3) is 5.69 Å². The van der Waals surface area contributed by atoms with Crippen molar-refractivity contribution >= 4 is 11.9 Å². The second-order valence-electron chi connectivity index (χ2n) is 5.14. The molecule has 1 aromatic carbocycles. The fourth-order valence-corrected chi connectivity index (χ4v) is 2.22. The van der Waals surface area contributed by atoms with E-state index in [4.69, 9.17) is 5.11 Å². The molecule has 0 radical (unpaired) electrons. The van der Waals surface area contributed by atoms with E-state index in [0.717, 1.165) is 16.2 Å². The highest BCUT2D eigenvalue weighted by Crippen LogP contribution is 2.15. The Kier molecular flexibility index (Phi) is 4.90. The molecule has 0 aliphatic heterocycles. The smallest absolute Gasteiger partial charge is 0.323 e. The van der Waals surface area contributed by atoms with Gasteiger partial charge in [-0.05, 0) is 31.5 Å². The number of nitrogens with zero attached hydrogens (tertiary/aromatic N) is 4. The van der Waals surface area contributed by atoms with E-state index in [-0.39, 0.29) is 12.2 Å². The van der Waals surface area contributed by atoms with E-state index in [2.05, 4.69) is 16.9 Å². The Morgan fingerprint density at radius 1 is 1.39 bits per heavy atom. The first-order valence-electron chi connectivity index (χ1n) is 7.05. The van der Waals surface area contributed by atoms with Crippen LogP contribution in [0.5, 0.6) is 0 Å². The highest BCUT2D eigenvalue weighted by atomic mass is 16.4. The summed E-state index contributed by atoms with van der Waals surface area (Å²) in [5.41, 5.74) is 2.54. The maximum atomic E-state index is 12.5. The van der Waals surface area contributed by atoms with Crippen LogP contribution in [0.1, 0.15) is 21.7 Å². The van der Waals surface area contributed by atoms with Gasteiger partial charge in [0.25, 0.3) is 5.91 Å². The lowest BCUT2D eigenvalue weighted by molar-refractivity contribution is -0.137. The molecule has 0 saturated heterocycles. The molecule has 0 aliphatic rings. The molecule has 0 bridgehead atoms. The Labute approximate surface area is 133 Å². The fraction of sp³-hybridized carbons (Fsp3) is 0.250. The number of hydrogen-bond donors (Lipinski definition) is 1. The minimum Gasteiger partial charge on any atom is -0.480 e. The molecule has 0 aliphatic carbocycles. The lowest BCUT2D eigenvalue weighted by Gasteiger charge is -2.17. The van der Waals surface area contributed by atoms with Gasteiger partial charge in [-0.25, -0.2) is 4.68 Å². The molecule has 120 valence electrons. The van der Waals surface area contributed by atoms with Crippen molar-refractivity contribution in [1.82, 2.24) is 19.9 Å². The van der Waals surface area contributed by atoms with Crippen LogP contribution in [0.4, 0.5) is 0 Å². The third-order valence-corrected chi connectivity index (χ3v) is 3.31. The Bertz CT molecular complexity index is 752. The van der Waals surface area contributed by atoms with E-state index in [1.165, 1.54) is 6.08 Å². The highest BCUT2D eigenvalue weighted by Gasteiger charge is 2.23. The largest absolute Gasteiger partial charge is 0.480 e. The summed E-state index contributed by atoms with van der Waals surface area (Å²) in [6.07, 6.45) is 1.47. The number of hydrogen-bond acceptors (Lipinski definition) is 4. The standard InChI is InChI=1S/C16H18N4O3/c1-4-8-19(10-14(21)22)16(23)15-12(3)20(18-17-15)13-7-5-6-11(2)9-13/h4-7,9H,1,8,10H2,2-3H3,(H,21,22). The second-order valence-corrected chi connectivity index (χ2v) is 5.14. The van der Waals surface area contributed by atoms with Crippen LogP contribution in [-0.4, -0.2) is 50.0 Å². The molecule has 0 unspecified atom stereocenters. The zero-order valence-electron chi connectivity index (χ0n) is 13.1. The Hall–Kier alpha value is -2.96. The van der Waals surface area contributed by atoms with Crippen LogP contribution in [0.15, 0.2) is 36.9 Å². The van der Waals surface area contributed by atoms with Gasteiger partial charge in [0.2, 0.25) is 0 Å². The lowest BCUT2D eigenvalue weighted by atomic mass is 10.2. The molecule has 1 aromatic heterocycles. The van der Waals surface area contributed by atoms with Crippen LogP contribution >= 0.6 is 0 Å². The first-order chi connectivity index (χ1) is 10.9. The molecule has 0 fully saturated rings. The van der Waals surface area contributed by atoms with Gasteiger partial charge in [0.05, 0.1) is 11.4 Å². The molecule has 0 spiro atoms. The molecule has 1 N–H and O–H groups in total. The van der Waals surface area contributed by atoms with E-state index in [9.17, 15) is 9.59 Å². The molecule has 23 heavy (non-hydrogen) atoms. The van der Waals surface area contributed by atoms with Gasteiger partial charge in [-0.2, -0.15) is 0 Å². The van der Waals surface area contributed by atoms with Gasteiger partial charge < -0.3 is 10.0 Å². The molecule has 0 atom stereocenters. The molecule has 1 heterocycles. The Balaban J connectivity index is 2.35. The van der Waals surface area contributed by atoms with Crippen LogP contribution in [-0.2, 0) is 4.79 Å². The number of aliphatic carboxylic acids is 1. The first kappa shape index (κ1) is 16.4. The van der Waals surface area contributed by atoms with Gasteiger partial charge in [-0.1, -0.05) is 23.4 Å². The number of rotatable bonds is 6. The molecule has 2 rings (SSSR count). The van der Waals surface area contributed by atoms with E-state index >= 15 is 0 Å². The number of amides is 1. The summed E-state index contributed by atoms with van der Waals surface area (Å²) in [5, 5.41) is 16.9. The van der Waals surface area contributed by atoms with Gasteiger partial charge in [-0.3, -0.25) is 9.59 Å². The predicted octanol–water partition coefficient (Wildman–Crippen LogP) is 1.60. The number of aromatic nitrogens is 3. The van der Waals surface area contributed by atoms with Gasteiger partial charge >= 0.3 is 5.97 Å². The van der Waals surface area contributed by atoms with Crippen molar-refractivity contribution in [2.45, 2.75) is 13.8 Å². The van der Waals surface area contributed by atoms with E-state index < -0.39 is 18.4 Å². The third kappa shape index (κ3) is 3.63. The maximum absolute atomic E-state index is 12.5. The van der Waals surface area contributed by atoms with Gasteiger partial charge in [0, 0.05) is 6.54 Å². The summed E-state index contributed by atoms with van der Waals surface area (Å²) < 4.78 is 1.56. The van der Waals surface area contributed by atoms with Crippen molar-refractivity contribution in [2.75, 3.05) is 13.1 Å². The highest BCUT2D eigenvalue weighted by molar-refractivity contribution is 5.95. The fourth-order valence-electron chi connectivity index (χ4n) is 2.22. The van der Waals surface area contributed by atoms with Crippen molar-refractivity contribution in [3.8, 4) is 5.69 Å². The second kappa shape index (κ2) is 6.87. The van der Waals surface area contributed by atoms with Crippen molar-refractivity contribution in [3.05, 3.63) is 53.9 Å². The Morgan fingerprint density at radius 2 is 2.13 bits per heavy atom. The van der Waals surface area contributed by atoms with E-state index in [1.54, 1.807) is 11.6 Å². The molecule has 1 amide bonds. The first-order valence-corrected chi connectivity index (χ1v) is 7.05. The van der Waals surface area contributed by atoms with Crippen molar-refractivity contribution in [1.29, 1.82) is 0 Å². The molecular formula is C16H18N4O3. The normalized spacial score (nSPS) is 10.3. The lowest BCUT2D eigenvalue weighted by Crippen LogP contribution is -2.36. The van der Waals surface area contributed by atoms with Crippen LogP contribution in [0.3, 0.4) is 0 Å². The number of benzene rings is 1. The number of aryl methyl sites for hydroxylation is 1. The van der Waals surface area contributed by atoms with Gasteiger partial charge in [0.15, 0.2) is 5.69 Å². The predicted molar refractivity (Wildman–Crippen MR) is 84.6 cm³/mol. The van der Waals surface area contributed by atoms with E-state index in [0.29, 0.717) is 5.69 Å². The molecule has 7 heteroatoms. The zero-order chi connectivity index (χ0) is 17.0. The van der Waals surface area contributed by atoms with Crippen LogP contribution in [0, 0.1) is 13.8 Å². The minimum absolute atomic E-state index is 0.127. The summed E-state index contributed by atoms with van der Waals surface area (Å²) in [5.74, 6) is -1.58. The van der Waals surface area contributed by atoms with E-state index in [1.807, 2.05) is 31.2 Å². The topological polar surface area (TPSA) is 88.3 Å². The number of carbonyl (C=O) groups excluding carboxylic acids is 1. The number of carboxylic acids is 1. The quantitative estimate of drug-likeness (QED) is 0.818. The summed E-state index contributed by atoms with van der Waals surface area (Å²) >= 11 is 0. The summed E-state index contributed by atoms with van der Waals surface area (Å²) in [6, 6.07) is 7.64. The minimum atomic E-state index is -1.09. The van der Waals surface area contributed by atoms with Gasteiger partial charge in [-0.15, -0.1) is 11.7 Å². The molecule has 0 saturated carbocycles. The molecule has 2 aromatic rings. The zero-order valence-corrected chi connectivity index (χ0v) is 13.1. The average molecular weight is 314 g/mol. The van der Waals surface area contributed by atoms with Crippen molar-refractivity contribution in [2.24, 2.45) is 0 Å². The monoisotopic (exact) mass is 314 g/mol. The van der Waals surface area contributed by atoms with Crippen molar-refractivity contribution < 1.29 is 14.7 Å². The summed E-state index contributed by atoms with van der Waals surface area (Å²) in [7, 11) is 0. The third-order valence-electron chi connectivity index (χ3n) is 3.31. The summed E-state index contributed by atoms with van der Waals surface area (Å²) in [6.45, 7) is 6.94. The maximum Gasteiger partial charge on any atom is 0.323 e. The van der Waals surface area contributed by atoms with Gasteiger partial charge in [0.1, 0.15) is 6.54 Å². The number of carbonyl (C=O) groups is 2.